The fourth-order valence-corrected chi connectivity index (χ4v) is 4.43. The normalized spacial score (nSPS) is 15.0. The van der Waals surface area contributed by atoms with Crippen molar-refractivity contribution >= 4 is 73.7 Å². The molecule has 0 saturated carbocycles. The highest BCUT2D eigenvalue weighted by molar-refractivity contribution is 9.10. The van der Waals surface area contributed by atoms with Crippen LogP contribution in [0.2, 0.25) is 5.02 Å². The van der Waals surface area contributed by atoms with Crippen LogP contribution in [-0.2, 0) is 4.79 Å². The number of hydrazine groups is 1. The third-order valence-corrected chi connectivity index (χ3v) is 6.01. The van der Waals surface area contributed by atoms with E-state index in [1.807, 2.05) is 0 Å². The van der Waals surface area contributed by atoms with Crippen LogP contribution in [0, 0.1) is 0 Å². The number of nitrogens with one attached hydrogen (secondary N) is 1. The van der Waals surface area contributed by atoms with E-state index in [1.165, 1.54) is 14.2 Å². The summed E-state index contributed by atoms with van der Waals surface area (Å²) in [6.45, 7) is 0. The van der Waals surface area contributed by atoms with E-state index in [0.717, 1.165) is 16.8 Å². The summed E-state index contributed by atoms with van der Waals surface area (Å²) in [5.74, 6) is 0.174. The summed E-state index contributed by atoms with van der Waals surface area (Å²) in [6.07, 6.45) is 1.67. The molecule has 1 N–H and O–H groups in total. The van der Waals surface area contributed by atoms with Crippen LogP contribution < -0.4 is 14.9 Å². The van der Waals surface area contributed by atoms with Crippen molar-refractivity contribution in [3.05, 3.63) is 61.9 Å². The number of rotatable bonds is 5. The van der Waals surface area contributed by atoms with E-state index in [9.17, 15) is 9.59 Å². The minimum Gasteiger partial charge on any atom is -0.493 e. The van der Waals surface area contributed by atoms with Crippen molar-refractivity contribution in [1.82, 2.24) is 10.4 Å². The van der Waals surface area contributed by atoms with Gasteiger partial charge in [-0.15, -0.1) is 0 Å². The smallest absolute Gasteiger partial charge is 0.285 e. The Labute approximate surface area is 190 Å². The molecule has 1 aliphatic heterocycles. The van der Waals surface area contributed by atoms with Crippen LogP contribution in [-0.4, -0.2) is 35.4 Å². The van der Waals surface area contributed by atoms with Crippen LogP contribution in [0.25, 0.3) is 6.08 Å². The first-order chi connectivity index (χ1) is 13.8. The standard InChI is InChI=1S/C19H14BrClN2O4S2/c1-26-14-8-10(7-13(20)16(14)27-2)9-15-18(25)23(19(28)29-15)22-17(24)11-3-5-12(21)6-4-11/h3-9H,1-2H3,(H,22,24)/b15-9-. The molecule has 150 valence electrons. The maximum atomic E-state index is 12.7. The number of methoxy groups -OCH3 is 2. The van der Waals surface area contributed by atoms with Gasteiger partial charge in [-0.25, -0.2) is 0 Å². The van der Waals surface area contributed by atoms with E-state index in [0.29, 0.717) is 37.0 Å². The van der Waals surface area contributed by atoms with Gasteiger partial charge < -0.3 is 9.47 Å². The molecule has 0 unspecified atom stereocenters. The van der Waals surface area contributed by atoms with Gasteiger partial charge in [-0.1, -0.05) is 23.4 Å². The first kappa shape index (κ1) is 21.6. The summed E-state index contributed by atoms with van der Waals surface area (Å²) < 4.78 is 11.5. The lowest BCUT2D eigenvalue weighted by molar-refractivity contribution is -0.123. The molecule has 0 bridgehead atoms. The van der Waals surface area contributed by atoms with Gasteiger partial charge in [0.05, 0.1) is 23.6 Å². The zero-order valence-electron chi connectivity index (χ0n) is 15.2. The van der Waals surface area contributed by atoms with Gasteiger partial charge in [0, 0.05) is 10.6 Å². The van der Waals surface area contributed by atoms with Gasteiger partial charge in [0.25, 0.3) is 11.8 Å². The van der Waals surface area contributed by atoms with E-state index in [1.54, 1.807) is 42.5 Å². The van der Waals surface area contributed by atoms with Crippen LogP contribution in [0.15, 0.2) is 45.8 Å². The number of amides is 2. The van der Waals surface area contributed by atoms with Crippen molar-refractivity contribution in [2.45, 2.75) is 0 Å². The Morgan fingerprint density at radius 2 is 1.93 bits per heavy atom. The van der Waals surface area contributed by atoms with Gasteiger partial charge in [0.2, 0.25) is 0 Å². The molecule has 10 heteroatoms. The maximum Gasteiger partial charge on any atom is 0.285 e. The van der Waals surface area contributed by atoms with Crippen molar-refractivity contribution in [3.63, 3.8) is 0 Å². The number of hydrogen-bond donors (Lipinski definition) is 1. The minimum absolute atomic E-state index is 0.225. The molecule has 1 aliphatic rings. The van der Waals surface area contributed by atoms with Crippen molar-refractivity contribution in [3.8, 4) is 11.5 Å². The topological polar surface area (TPSA) is 67.9 Å². The summed E-state index contributed by atoms with van der Waals surface area (Å²) in [5.41, 5.74) is 3.59. The molecule has 2 aromatic rings. The summed E-state index contributed by atoms with van der Waals surface area (Å²) in [6, 6.07) is 9.84. The largest absolute Gasteiger partial charge is 0.493 e. The molecule has 0 atom stereocenters. The Bertz CT molecular complexity index is 1030. The highest BCUT2D eigenvalue weighted by Crippen LogP contribution is 2.38. The van der Waals surface area contributed by atoms with Crippen molar-refractivity contribution < 1.29 is 19.1 Å². The molecule has 1 fully saturated rings. The summed E-state index contributed by atoms with van der Waals surface area (Å²) in [4.78, 5) is 25.5. The van der Waals surface area contributed by atoms with Crippen LogP contribution >= 0.6 is 51.5 Å². The van der Waals surface area contributed by atoms with Crippen LogP contribution in [0.5, 0.6) is 11.5 Å². The monoisotopic (exact) mass is 512 g/mol. The minimum atomic E-state index is -0.465. The van der Waals surface area contributed by atoms with Crippen molar-refractivity contribution in [2.24, 2.45) is 0 Å². The number of nitrogens with zero attached hydrogens (tertiary/aromatic N) is 1. The molecular formula is C19H14BrClN2O4S2. The molecule has 2 aromatic carbocycles. The van der Waals surface area contributed by atoms with E-state index >= 15 is 0 Å². The zero-order chi connectivity index (χ0) is 21.1. The van der Waals surface area contributed by atoms with Gasteiger partial charge in [0.1, 0.15) is 0 Å². The number of thiocarbonyl (C=S) groups is 1. The zero-order valence-corrected chi connectivity index (χ0v) is 19.2. The Morgan fingerprint density at radius 1 is 1.24 bits per heavy atom. The number of thioether (sulfide) groups is 1. The number of carbonyl (C=O) groups excluding carboxylic acids is 2. The average molecular weight is 514 g/mol. The molecule has 1 heterocycles. The number of benzene rings is 2. The Kier molecular flexibility index (Phi) is 6.84. The fraction of sp³-hybridized carbons (Fsp3) is 0.105. The second-order valence-corrected chi connectivity index (χ2v) is 8.67. The quantitative estimate of drug-likeness (QED) is 0.463. The molecule has 0 spiro atoms. The number of halogens is 2. The van der Waals surface area contributed by atoms with Crippen molar-refractivity contribution in [1.29, 1.82) is 0 Å². The second kappa shape index (κ2) is 9.17. The van der Waals surface area contributed by atoms with Crippen molar-refractivity contribution in [2.75, 3.05) is 14.2 Å². The third-order valence-electron chi connectivity index (χ3n) is 3.87. The lowest BCUT2D eigenvalue weighted by atomic mass is 10.2. The van der Waals surface area contributed by atoms with Gasteiger partial charge in [-0.05, 0) is 76.2 Å². The summed E-state index contributed by atoms with van der Waals surface area (Å²) in [7, 11) is 3.07. The molecule has 0 aromatic heterocycles. The van der Waals surface area contributed by atoms with Crippen LogP contribution in [0.3, 0.4) is 0 Å². The molecular weight excluding hydrogens is 500 g/mol. The fourth-order valence-electron chi connectivity index (χ4n) is 2.50. The number of ether oxygens (including phenoxy) is 2. The molecule has 1 saturated heterocycles. The summed E-state index contributed by atoms with van der Waals surface area (Å²) in [5, 5.41) is 1.56. The van der Waals surface area contributed by atoms with Crippen LogP contribution in [0.1, 0.15) is 15.9 Å². The maximum absolute atomic E-state index is 12.7. The lowest BCUT2D eigenvalue weighted by Crippen LogP contribution is -2.44. The van der Waals surface area contributed by atoms with Gasteiger partial charge >= 0.3 is 0 Å². The molecule has 29 heavy (non-hydrogen) atoms. The molecule has 2 amide bonds. The number of carbonyl (C=O) groups is 2. The highest BCUT2D eigenvalue weighted by Gasteiger charge is 2.34. The molecule has 0 aliphatic carbocycles. The Morgan fingerprint density at radius 3 is 2.55 bits per heavy atom. The molecule has 0 radical (unpaired) electrons. The van der Waals surface area contributed by atoms with Gasteiger partial charge in [0.15, 0.2) is 15.8 Å². The third kappa shape index (κ3) is 4.75. The Balaban J connectivity index is 1.82. The number of hydrogen-bond acceptors (Lipinski definition) is 6. The van der Waals surface area contributed by atoms with Gasteiger partial charge in [-0.2, -0.15) is 5.01 Å². The average Bonchev–Trinajstić information content (AvgIpc) is 2.95. The predicted molar refractivity (Wildman–Crippen MR) is 121 cm³/mol. The highest BCUT2D eigenvalue weighted by atomic mass is 79.9. The predicted octanol–water partition coefficient (Wildman–Crippen LogP) is 4.67. The van der Waals surface area contributed by atoms with E-state index < -0.39 is 11.8 Å². The van der Waals surface area contributed by atoms with E-state index in [4.69, 9.17) is 33.3 Å². The van der Waals surface area contributed by atoms with Crippen LogP contribution in [0.4, 0.5) is 0 Å². The van der Waals surface area contributed by atoms with E-state index in [2.05, 4.69) is 21.4 Å². The second-order valence-electron chi connectivity index (χ2n) is 5.70. The Hall–Kier alpha value is -2.07. The lowest BCUT2D eigenvalue weighted by Gasteiger charge is -2.15. The van der Waals surface area contributed by atoms with Gasteiger partial charge in [-0.3, -0.25) is 15.0 Å². The molecule has 3 rings (SSSR count). The SMILES string of the molecule is COc1cc(/C=C2\SC(=S)N(NC(=O)c3ccc(Cl)cc3)C2=O)cc(Br)c1OC. The van der Waals surface area contributed by atoms with E-state index in [-0.39, 0.29) is 4.32 Å². The first-order valence-electron chi connectivity index (χ1n) is 8.10. The molecule has 6 nitrogen and oxygen atoms in total. The first-order valence-corrected chi connectivity index (χ1v) is 10.5. The summed E-state index contributed by atoms with van der Waals surface area (Å²) >= 11 is 15.6.